The second kappa shape index (κ2) is 2.63. The van der Waals surface area contributed by atoms with Gasteiger partial charge in [-0.25, -0.2) is 4.79 Å². The molecule has 1 unspecified atom stereocenters. The highest BCUT2D eigenvalue weighted by Gasteiger charge is 2.25. The van der Waals surface area contributed by atoms with Crippen molar-refractivity contribution >= 4 is 11.9 Å². The molecule has 0 aliphatic carbocycles. The third kappa shape index (κ3) is 1.42. The summed E-state index contributed by atoms with van der Waals surface area (Å²) in [5, 5.41) is 8.71. The molecule has 0 spiro atoms. The Kier molecular flexibility index (Phi) is 1.83. The third-order valence-corrected chi connectivity index (χ3v) is 0.930. The summed E-state index contributed by atoms with van der Waals surface area (Å²) in [7, 11) is 0. The number of carbonyl (C=O) groups excluding carboxylic acids is 2. The maximum atomic E-state index is 10.4. The van der Waals surface area contributed by atoms with Crippen LogP contribution in [-0.4, -0.2) is 23.1 Å². The van der Waals surface area contributed by atoms with Crippen LogP contribution in [0.4, 0.5) is 0 Å². The summed E-state index contributed by atoms with van der Waals surface area (Å²) in [6.45, 7) is 0. The second-order valence-corrected chi connectivity index (χ2v) is 1.70. The quantitative estimate of drug-likeness (QED) is 0.423. The summed E-state index contributed by atoms with van der Waals surface area (Å²) in [5.41, 5.74) is 1.62. The van der Waals surface area contributed by atoms with E-state index in [-0.39, 0.29) is 6.42 Å². The zero-order chi connectivity index (χ0) is 7.56. The molecule has 1 fully saturated rings. The Morgan fingerprint density at radius 1 is 1.50 bits per heavy atom. The smallest absolute Gasteiger partial charge is 0.357 e. The first-order valence-corrected chi connectivity index (χ1v) is 2.53. The lowest BCUT2D eigenvalue weighted by molar-refractivity contribution is -0.192. The van der Waals surface area contributed by atoms with Crippen LogP contribution in [0.25, 0.3) is 0 Å². The highest BCUT2D eigenvalue weighted by Crippen LogP contribution is 1.99. The first kappa shape index (κ1) is 6.97. The van der Waals surface area contributed by atoms with Crippen molar-refractivity contribution in [1.82, 2.24) is 5.64 Å². The second-order valence-electron chi connectivity index (χ2n) is 1.70. The van der Waals surface area contributed by atoms with E-state index >= 15 is 0 Å². The van der Waals surface area contributed by atoms with Gasteiger partial charge in [0.25, 0.3) is 0 Å². The number of carbonyl (C=O) groups is 2. The van der Waals surface area contributed by atoms with Crippen molar-refractivity contribution in [2.24, 2.45) is 0 Å². The van der Waals surface area contributed by atoms with Crippen molar-refractivity contribution in [2.45, 2.75) is 12.5 Å². The largest absolute Gasteiger partial charge is 0.381 e. The van der Waals surface area contributed by atoms with Gasteiger partial charge in [0.1, 0.15) is 0 Å². The molecule has 0 aromatic carbocycles. The summed E-state index contributed by atoms with van der Waals surface area (Å²) < 4.78 is 0. The first-order valence-electron chi connectivity index (χ1n) is 2.53. The van der Waals surface area contributed by atoms with Crippen molar-refractivity contribution < 1.29 is 24.4 Å². The van der Waals surface area contributed by atoms with Crippen molar-refractivity contribution in [2.75, 3.05) is 0 Å². The average molecular weight is 147 g/mol. The van der Waals surface area contributed by atoms with E-state index in [9.17, 15) is 9.59 Å². The fraction of sp³-hybridized carbons (Fsp3) is 0.500. The van der Waals surface area contributed by atoms with Gasteiger partial charge in [-0.05, 0) is 0 Å². The molecule has 1 heterocycles. The minimum absolute atomic E-state index is 0.383. The van der Waals surface area contributed by atoms with Gasteiger partial charge in [0.15, 0.2) is 6.10 Å². The molecule has 6 nitrogen and oxygen atoms in total. The van der Waals surface area contributed by atoms with Crippen molar-refractivity contribution in [3.63, 3.8) is 0 Å². The normalized spacial score (nSPS) is 26.7. The molecule has 0 amide bonds. The minimum Gasteiger partial charge on any atom is -0.381 e. The lowest BCUT2D eigenvalue weighted by Gasteiger charge is -1.98. The number of aliphatic hydroxyl groups excluding tert-OH is 1. The standard InChI is InChI=1S/C4H5NO5/c6-2-1-3(7)9-5-10-4(2)8/h2,5-6H,1H2. The Hall–Kier alpha value is -1.14. The highest BCUT2D eigenvalue weighted by atomic mass is 16.9. The van der Waals surface area contributed by atoms with Gasteiger partial charge >= 0.3 is 11.9 Å². The first-order chi connectivity index (χ1) is 4.70. The average Bonchev–Trinajstić information content (AvgIpc) is 1.96. The van der Waals surface area contributed by atoms with Gasteiger partial charge in [-0.15, -0.1) is 0 Å². The summed E-state index contributed by atoms with van der Waals surface area (Å²) in [4.78, 5) is 28.8. The Balaban J connectivity index is 2.57. The molecule has 0 aromatic rings. The van der Waals surface area contributed by atoms with Crippen molar-refractivity contribution in [3.8, 4) is 0 Å². The molecule has 0 radical (unpaired) electrons. The van der Waals surface area contributed by atoms with E-state index in [1.807, 2.05) is 0 Å². The minimum atomic E-state index is -1.43. The van der Waals surface area contributed by atoms with Gasteiger partial charge in [0, 0.05) is 5.64 Å². The van der Waals surface area contributed by atoms with Crippen LogP contribution >= 0.6 is 0 Å². The van der Waals surface area contributed by atoms with Crippen molar-refractivity contribution in [1.29, 1.82) is 0 Å². The molecule has 1 aliphatic rings. The molecule has 0 saturated carbocycles. The van der Waals surface area contributed by atoms with E-state index in [0.717, 1.165) is 0 Å². The van der Waals surface area contributed by atoms with Gasteiger partial charge < -0.3 is 14.8 Å². The maximum Gasteiger partial charge on any atom is 0.357 e. The molecule has 1 rings (SSSR count). The van der Waals surface area contributed by atoms with Crippen LogP contribution in [-0.2, 0) is 19.3 Å². The van der Waals surface area contributed by atoms with E-state index in [2.05, 4.69) is 9.68 Å². The molecule has 10 heavy (non-hydrogen) atoms. The van der Waals surface area contributed by atoms with Crippen LogP contribution in [0.5, 0.6) is 0 Å². The molecular weight excluding hydrogens is 142 g/mol. The molecule has 0 bridgehead atoms. The number of aliphatic hydroxyl groups is 1. The van der Waals surface area contributed by atoms with E-state index in [4.69, 9.17) is 5.11 Å². The van der Waals surface area contributed by atoms with Crippen LogP contribution < -0.4 is 5.64 Å². The lowest BCUT2D eigenvalue weighted by atomic mass is 10.3. The summed E-state index contributed by atoms with van der Waals surface area (Å²) in [6, 6.07) is 0. The van der Waals surface area contributed by atoms with E-state index in [1.54, 1.807) is 5.64 Å². The van der Waals surface area contributed by atoms with Gasteiger partial charge in [-0.3, -0.25) is 4.79 Å². The molecule has 6 heteroatoms. The lowest BCUT2D eigenvalue weighted by Crippen LogP contribution is -2.24. The zero-order valence-corrected chi connectivity index (χ0v) is 4.86. The van der Waals surface area contributed by atoms with Gasteiger partial charge in [-0.2, -0.15) is 0 Å². The van der Waals surface area contributed by atoms with Gasteiger partial charge in [-0.1, -0.05) is 0 Å². The summed E-state index contributed by atoms with van der Waals surface area (Å²) in [5.74, 6) is -1.66. The Morgan fingerprint density at radius 3 is 2.90 bits per heavy atom. The van der Waals surface area contributed by atoms with Crippen molar-refractivity contribution in [3.05, 3.63) is 0 Å². The van der Waals surface area contributed by atoms with E-state index in [1.165, 1.54) is 0 Å². The monoisotopic (exact) mass is 147 g/mol. The Morgan fingerprint density at radius 2 is 2.20 bits per heavy atom. The predicted octanol–water partition coefficient (Wildman–Crippen LogP) is -1.74. The molecule has 1 saturated heterocycles. The zero-order valence-electron chi connectivity index (χ0n) is 4.86. The topological polar surface area (TPSA) is 84.9 Å². The van der Waals surface area contributed by atoms with Crippen LogP contribution in [0.15, 0.2) is 0 Å². The summed E-state index contributed by atoms with van der Waals surface area (Å²) >= 11 is 0. The van der Waals surface area contributed by atoms with E-state index < -0.39 is 18.0 Å². The number of nitrogens with one attached hydrogen (secondary N) is 1. The molecule has 1 aliphatic heterocycles. The van der Waals surface area contributed by atoms with Gasteiger partial charge in [0.05, 0.1) is 6.42 Å². The molecular formula is C4H5NO5. The maximum absolute atomic E-state index is 10.4. The van der Waals surface area contributed by atoms with Crippen LogP contribution in [0, 0.1) is 0 Å². The number of hydrogen-bond donors (Lipinski definition) is 2. The number of rotatable bonds is 0. The van der Waals surface area contributed by atoms with Crippen LogP contribution in [0.3, 0.4) is 0 Å². The van der Waals surface area contributed by atoms with Crippen LogP contribution in [0.1, 0.15) is 6.42 Å². The number of hydrogen-bond acceptors (Lipinski definition) is 6. The van der Waals surface area contributed by atoms with E-state index in [0.29, 0.717) is 0 Å². The third-order valence-electron chi connectivity index (χ3n) is 0.930. The molecule has 56 valence electrons. The Labute approximate surface area is 55.6 Å². The molecule has 2 N–H and O–H groups in total. The molecule has 0 aromatic heterocycles. The van der Waals surface area contributed by atoms with Gasteiger partial charge in [0.2, 0.25) is 0 Å². The highest BCUT2D eigenvalue weighted by molar-refractivity contribution is 5.82. The molecule has 1 atom stereocenters. The fourth-order valence-corrected chi connectivity index (χ4v) is 0.459. The SMILES string of the molecule is O=C1CC(O)C(=O)ONO1. The van der Waals surface area contributed by atoms with Crippen LogP contribution in [0.2, 0.25) is 0 Å². The Bertz CT molecular complexity index is 167. The fourth-order valence-electron chi connectivity index (χ4n) is 0.459. The predicted molar refractivity (Wildman–Crippen MR) is 25.9 cm³/mol. The summed E-state index contributed by atoms with van der Waals surface area (Å²) in [6.07, 6.45) is -1.81.